The first kappa shape index (κ1) is 18.6. The lowest BCUT2D eigenvalue weighted by Gasteiger charge is -2.04. The molecule has 2 N–H and O–H groups in total. The molecule has 0 fully saturated rings. The van der Waals surface area contributed by atoms with Gasteiger partial charge in [0.05, 0.1) is 12.1 Å². The van der Waals surface area contributed by atoms with Crippen molar-refractivity contribution in [3.05, 3.63) is 65.7 Å². The van der Waals surface area contributed by atoms with Crippen molar-refractivity contribution < 1.29 is 14.3 Å². The molecule has 7 heteroatoms. The van der Waals surface area contributed by atoms with Crippen LogP contribution in [0.15, 0.2) is 48.7 Å². The highest BCUT2D eigenvalue weighted by Crippen LogP contribution is 2.16. The van der Waals surface area contributed by atoms with Crippen LogP contribution in [0.4, 0.5) is 5.69 Å². The van der Waals surface area contributed by atoms with Crippen LogP contribution in [-0.2, 0) is 11.2 Å². The normalized spacial score (nSPS) is 10.7. The van der Waals surface area contributed by atoms with Gasteiger partial charge < -0.3 is 15.4 Å². The number of ether oxygens (including phenoxy) is 1. The van der Waals surface area contributed by atoms with Gasteiger partial charge in [0, 0.05) is 25.5 Å². The standard InChI is InChI=1S/C20H22N4O3/c1-3-14-7-9-15(10-8-14)22-19(25)17-16-6-4-5-12-24(16)18(23-17)20(26)21-11-13-27-2/h4-10,12H,3,11,13H2,1-2H3,(H,21,26)(H,22,25). The molecular formula is C20H22N4O3. The average molecular weight is 366 g/mol. The summed E-state index contributed by atoms with van der Waals surface area (Å²) in [6.45, 7) is 2.84. The maximum Gasteiger partial charge on any atom is 0.287 e. The van der Waals surface area contributed by atoms with E-state index in [1.165, 1.54) is 5.56 Å². The Bertz CT molecular complexity index is 948. The van der Waals surface area contributed by atoms with E-state index < -0.39 is 0 Å². The monoisotopic (exact) mass is 366 g/mol. The Morgan fingerprint density at radius 2 is 1.89 bits per heavy atom. The summed E-state index contributed by atoms with van der Waals surface area (Å²) in [6.07, 6.45) is 2.64. The second kappa shape index (κ2) is 8.46. The van der Waals surface area contributed by atoms with E-state index in [-0.39, 0.29) is 23.3 Å². The molecule has 0 bridgehead atoms. The summed E-state index contributed by atoms with van der Waals surface area (Å²) < 4.78 is 6.54. The van der Waals surface area contributed by atoms with Crippen molar-refractivity contribution in [2.45, 2.75) is 13.3 Å². The summed E-state index contributed by atoms with van der Waals surface area (Å²) in [4.78, 5) is 29.5. The van der Waals surface area contributed by atoms with Crippen LogP contribution in [-0.4, -0.2) is 41.5 Å². The number of nitrogens with zero attached hydrogens (tertiary/aromatic N) is 2. The molecule has 3 rings (SSSR count). The summed E-state index contributed by atoms with van der Waals surface area (Å²) in [5, 5.41) is 5.57. The molecule has 0 aliphatic heterocycles. The zero-order chi connectivity index (χ0) is 19.2. The van der Waals surface area contributed by atoms with Gasteiger partial charge in [0.2, 0.25) is 5.82 Å². The van der Waals surface area contributed by atoms with Gasteiger partial charge in [-0.15, -0.1) is 0 Å². The second-order valence-corrected chi connectivity index (χ2v) is 5.99. The predicted octanol–water partition coefficient (Wildman–Crippen LogP) is 2.53. The van der Waals surface area contributed by atoms with Crippen LogP contribution in [0.1, 0.15) is 33.6 Å². The number of anilines is 1. The first-order chi connectivity index (χ1) is 13.1. The fourth-order valence-corrected chi connectivity index (χ4v) is 2.72. The van der Waals surface area contributed by atoms with Gasteiger partial charge in [0.25, 0.3) is 11.8 Å². The van der Waals surface area contributed by atoms with Crippen LogP contribution >= 0.6 is 0 Å². The van der Waals surface area contributed by atoms with Crippen molar-refractivity contribution in [3.8, 4) is 0 Å². The van der Waals surface area contributed by atoms with Gasteiger partial charge in [-0.3, -0.25) is 14.0 Å². The van der Waals surface area contributed by atoms with Gasteiger partial charge in [-0.05, 0) is 36.2 Å². The molecule has 1 aromatic carbocycles. The van der Waals surface area contributed by atoms with Crippen molar-refractivity contribution in [2.75, 3.05) is 25.6 Å². The minimum absolute atomic E-state index is 0.160. The number of benzene rings is 1. The quantitative estimate of drug-likeness (QED) is 0.629. The molecule has 0 aliphatic rings. The fraction of sp³-hybridized carbons (Fsp3) is 0.250. The number of pyridine rings is 1. The van der Waals surface area contributed by atoms with E-state index in [0.29, 0.717) is 24.4 Å². The molecule has 3 aromatic rings. The molecule has 2 amide bonds. The van der Waals surface area contributed by atoms with Crippen LogP contribution in [0.2, 0.25) is 0 Å². The lowest BCUT2D eigenvalue weighted by Crippen LogP contribution is -2.28. The zero-order valence-corrected chi connectivity index (χ0v) is 15.4. The molecule has 0 aliphatic carbocycles. The van der Waals surface area contributed by atoms with E-state index in [4.69, 9.17) is 4.74 Å². The number of aromatic nitrogens is 2. The summed E-state index contributed by atoms with van der Waals surface area (Å²) >= 11 is 0. The third kappa shape index (κ3) is 4.15. The van der Waals surface area contributed by atoms with Crippen molar-refractivity contribution in [1.82, 2.24) is 14.7 Å². The number of rotatable bonds is 7. The van der Waals surface area contributed by atoms with Crippen molar-refractivity contribution >= 4 is 23.0 Å². The third-order valence-corrected chi connectivity index (χ3v) is 4.18. The fourth-order valence-electron chi connectivity index (χ4n) is 2.72. The highest BCUT2D eigenvalue weighted by molar-refractivity contribution is 6.08. The number of carbonyl (C=O) groups excluding carboxylic acids is 2. The molecule has 0 radical (unpaired) electrons. The summed E-state index contributed by atoms with van der Waals surface area (Å²) in [7, 11) is 1.56. The number of hydrogen-bond acceptors (Lipinski definition) is 4. The van der Waals surface area contributed by atoms with Crippen LogP contribution in [0.5, 0.6) is 0 Å². The molecule has 0 saturated heterocycles. The Balaban J connectivity index is 1.87. The Labute approximate surface area is 157 Å². The predicted molar refractivity (Wildman–Crippen MR) is 103 cm³/mol. The zero-order valence-electron chi connectivity index (χ0n) is 15.4. The number of carbonyl (C=O) groups is 2. The molecule has 140 valence electrons. The number of aryl methyl sites for hydroxylation is 1. The smallest absolute Gasteiger partial charge is 0.287 e. The number of amides is 2. The molecule has 0 unspecified atom stereocenters. The summed E-state index contributed by atoms with van der Waals surface area (Å²) in [5.74, 6) is -0.563. The highest BCUT2D eigenvalue weighted by Gasteiger charge is 2.21. The first-order valence-corrected chi connectivity index (χ1v) is 8.78. The topological polar surface area (TPSA) is 84.7 Å². The van der Waals surface area contributed by atoms with Gasteiger partial charge in [-0.25, -0.2) is 4.98 Å². The largest absolute Gasteiger partial charge is 0.383 e. The van der Waals surface area contributed by atoms with Gasteiger partial charge in [-0.2, -0.15) is 0 Å². The number of imidazole rings is 1. The maximum atomic E-state index is 12.7. The summed E-state index contributed by atoms with van der Waals surface area (Å²) in [6, 6.07) is 13.0. The SMILES string of the molecule is CCc1ccc(NC(=O)c2nc(C(=O)NCCOC)n3ccccc23)cc1. The number of nitrogens with one attached hydrogen (secondary N) is 2. The first-order valence-electron chi connectivity index (χ1n) is 8.78. The Hall–Kier alpha value is -3.19. The van der Waals surface area contributed by atoms with E-state index in [1.807, 2.05) is 24.3 Å². The number of methoxy groups -OCH3 is 1. The molecule has 0 spiro atoms. The summed E-state index contributed by atoms with van der Waals surface area (Å²) in [5.41, 5.74) is 2.64. The Morgan fingerprint density at radius 3 is 2.59 bits per heavy atom. The van der Waals surface area contributed by atoms with Gasteiger partial charge >= 0.3 is 0 Å². The molecular weight excluding hydrogens is 344 g/mol. The van der Waals surface area contributed by atoms with E-state index >= 15 is 0 Å². The van der Waals surface area contributed by atoms with E-state index in [0.717, 1.165) is 6.42 Å². The maximum absolute atomic E-state index is 12.7. The van der Waals surface area contributed by atoms with Crippen molar-refractivity contribution in [3.63, 3.8) is 0 Å². The lowest BCUT2D eigenvalue weighted by atomic mass is 10.1. The molecule has 0 atom stereocenters. The van der Waals surface area contributed by atoms with Gasteiger partial charge in [0.1, 0.15) is 0 Å². The minimum atomic E-state index is -0.362. The van der Waals surface area contributed by atoms with E-state index in [1.54, 1.807) is 35.9 Å². The molecule has 2 heterocycles. The average Bonchev–Trinajstić information content (AvgIpc) is 3.09. The number of hydrogen-bond donors (Lipinski definition) is 2. The molecule has 7 nitrogen and oxygen atoms in total. The third-order valence-electron chi connectivity index (χ3n) is 4.18. The highest BCUT2D eigenvalue weighted by atomic mass is 16.5. The van der Waals surface area contributed by atoms with Crippen LogP contribution in [0.3, 0.4) is 0 Å². The van der Waals surface area contributed by atoms with E-state index in [2.05, 4.69) is 22.5 Å². The molecule has 27 heavy (non-hydrogen) atoms. The molecule has 0 saturated carbocycles. The Kier molecular flexibility index (Phi) is 5.83. The lowest BCUT2D eigenvalue weighted by molar-refractivity contribution is 0.0926. The number of fused-ring (bicyclic) bond motifs is 1. The van der Waals surface area contributed by atoms with Gasteiger partial charge in [-0.1, -0.05) is 25.1 Å². The van der Waals surface area contributed by atoms with Crippen molar-refractivity contribution in [2.24, 2.45) is 0 Å². The Morgan fingerprint density at radius 1 is 1.11 bits per heavy atom. The van der Waals surface area contributed by atoms with Gasteiger partial charge in [0.15, 0.2) is 5.69 Å². The van der Waals surface area contributed by atoms with Crippen LogP contribution < -0.4 is 10.6 Å². The second-order valence-electron chi connectivity index (χ2n) is 5.99. The van der Waals surface area contributed by atoms with Crippen LogP contribution in [0.25, 0.3) is 5.52 Å². The minimum Gasteiger partial charge on any atom is -0.383 e. The van der Waals surface area contributed by atoms with Crippen molar-refractivity contribution in [1.29, 1.82) is 0 Å². The van der Waals surface area contributed by atoms with E-state index in [9.17, 15) is 9.59 Å². The molecule has 2 aromatic heterocycles. The van der Waals surface area contributed by atoms with Crippen LogP contribution in [0, 0.1) is 0 Å².